The van der Waals surface area contributed by atoms with Crippen molar-refractivity contribution in [2.75, 3.05) is 5.32 Å². The van der Waals surface area contributed by atoms with Crippen molar-refractivity contribution in [1.29, 1.82) is 0 Å². The fraction of sp³-hybridized carbons (Fsp3) is 0.111. The molecule has 0 radical (unpaired) electrons. The fourth-order valence-corrected chi connectivity index (χ4v) is 3.79. The van der Waals surface area contributed by atoms with Crippen LogP contribution in [0.1, 0.15) is 20.9 Å². The molecule has 0 saturated heterocycles. The van der Waals surface area contributed by atoms with Gasteiger partial charge in [0.2, 0.25) is 5.95 Å². The molecule has 0 saturated carbocycles. The SMILES string of the molecule is Cc1nc(-n2nc(-c3cccs3)cc2NC(=O)c2cccs2)[nH]c(=O)c1C. The monoisotopic (exact) mass is 397 g/mol. The molecule has 0 aliphatic carbocycles. The Kier molecular flexibility index (Phi) is 4.46. The molecule has 4 rings (SSSR count). The molecule has 27 heavy (non-hydrogen) atoms. The lowest BCUT2D eigenvalue weighted by molar-refractivity contribution is 0.103. The van der Waals surface area contributed by atoms with Gasteiger partial charge in [0.25, 0.3) is 11.5 Å². The number of aromatic amines is 1. The zero-order chi connectivity index (χ0) is 19.0. The summed E-state index contributed by atoms with van der Waals surface area (Å²) in [5.41, 5.74) is 1.61. The van der Waals surface area contributed by atoms with Crippen molar-refractivity contribution in [3.05, 3.63) is 67.6 Å². The summed E-state index contributed by atoms with van der Waals surface area (Å²) in [6, 6.07) is 9.21. The molecule has 0 bridgehead atoms. The molecule has 4 aromatic heterocycles. The van der Waals surface area contributed by atoms with Crippen molar-refractivity contribution in [3.8, 4) is 16.5 Å². The van der Waals surface area contributed by atoms with Crippen LogP contribution in [0, 0.1) is 13.8 Å². The Morgan fingerprint density at radius 2 is 1.96 bits per heavy atom. The van der Waals surface area contributed by atoms with Gasteiger partial charge in [-0.2, -0.15) is 9.78 Å². The molecular weight excluding hydrogens is 382 g/mol. The predicted molar refractivity (Wildman–Crippen MR) is 107 cm³/mol. The highest BCUT2D eigenvalue weighted by molar-refractivity contribution is 7.13. The number of nitrogens with one attached hydrogen (secondary N) is 2. The summed E-state index contributed by atoms with van der Waals surface area (Å²) in [6.07, 6.45) is 0. The maximum absolute atomic E-state index is 12.5. The smallest absolute Gasteiger partial charge is 0.266 e. The number of aromatic nitrogens is 4. The van der Waals surface area contributed by atoms with Gasteiger partial charge < -0.3 is 5.32 Å². The van der Waals surface area contributed by atoms with Crippen LogP contribution in [0.25, 0.3) is 16.5 Å². The molecule has 2 N–H and O–H groups in total. The highest BCUT2D eigenvalue weighted by atomic mass is 32.1. The van der Waals surface area contributed by atoms with Gasteiger partial charge in [-0.1, -0.05) is 12.1 Å². The zero-order valence-electron chi connectivity index (χ0n) is 14.5. The molecule has 0 unspecified atom stereocenters. The van der Waals surface area contributed by atoms with E-state index in [2.05, 4.69) is 20.4 Å². The summed E-state index contributed by atoms with van der Waals surface area (Å²) in [5.74, 6) is 0.450. The second-order valence-electron chi connectivity index (χ2n) is 5.84. The molecule has 7 nitrogen and oxygen atoms in total. The molecule has 1 amide bonds. The minimum absolute atomic E-state index is 0.235. The van der Waals surface area contributed by atoms with Crippen LogP contribution in [-0.2, 0) is 0 Å². The maximum Gasteiger partial charge on any atom is 0.266 e. The van der Waals surface area contributed by atoms with E-state index >= 15 is 0 Å². The topological polar surface area (TPSA) is 92.7 Å². The quantitative estimate of drug-likeness (QED) is 0.550. The van der Waals surface area contributed by atoms with Crippen LogP contribution in [0.3, 0.4) is 0 Å². The molecule has 136 valence electrons. The molecule has 0 fully saturated rings. The Bertz CT molecular complexity index is 1160. The molecule has 0 aromatic carbocycles. The van der Waals surface area contributed by atoms with Gasteiger partial charge in [-0.05, 0) is 36.7 Å². The van der Waals surface area contributed by atoms with Gasteiger partial charge in [-0.15, -0.1) is 22.7 Å². The standard InChI is InChI=1S/C18H15N5O2S2/c1-10-11(2)19-18(21-16(10)24)23-15(20-17(25)14-6-4-8-27-14)9-12(22-23)13-5-3-7-26-13/h3-9H,1-2H3,(H,20,25)(H,19,21,24). The van der Waals surface area contributed by atoms with Crippen LogP contribution in [-0.4, -0.2) is 25.7 Å². The van der Waals surface area contributed by atoms with E-state index < -0.39 is 0 Å². The molecule has 9 heteroatoms. The summed E-state index contributed by atoms with van der Waals surface area (Å²) in [4.78, 5) is 33.4. The van der Waals surface area contributed by atoms with E-state index in [0.717, 1.165) is 4.88 Å². The summed E-state index contributed by atoms with van der Waals surface area (Å²) >= 11 is 2.89. The number of amides is 1. The number of anilines is 1. The second kappa shape index (κ2) is 6.93. The van der Waals surface area contributed by atoms with Crippen LogP contribution >= 0.6 is 22.7 Å². The average molecular weight is 397 g/mol. The van der Waals surface area contributed by atoms with Crippen LogP contribution in [0.2, 0.25) is 0 Å². The lowest BCUT2D eigenvalue weighted by Crippen LogP contribution is -2.20. The van der Waals surface area contributed by atoms with E-state index in [-0.39, 0.29) is 17.4 Å². The Morgan fingerprint density at radius 3 is 2.63 bits per heavy atom. The zero-order valence-corrected chi connectivity index (χ0v) is 16.1. The third-order valence-electron chi connectivity index (χ3n) is 4.05. The number of H-pyrrole nitrogens is 1. The third kappa shape index (κ3) is 3.34. The Balaban J connectivity index is 1.81. The lowest BCUT2D eigenvalue weighted by Gasteiger charge is -2.08. The third-order valence-corrected chi connectivity index (χ3v) is 5.81. The average Bonchev–Trinajstić information content (AvgIpc) is 3.39. The highest BCUT2D eigenvalue weighted by Gasteiger charge is 2.18. The van der Waals surface area contributed by atoms with Gasteiger partial charge in [0.1, 0.15) is 11.5 Å². The van der Waals surface area contributed by atoms with E-state index in [0.29, 0.717) is 27.6 Å². The largest absolute Gasteiger partial charge is 0.306 e. The fourth-order valence-electron chi connectivity index (χ4n) is 2.49. The second-order valence-corrected chi connectivity index (χ2v) is 7.73. The first-order valence-corrected chi connectivity index (χ1v) is 9.85. The van der Waals surface area contributed by atoms with Gasteiger partial charge in [0.15, 0.2) is 0 Å². The van der Waals surface area contributed by atoms with Crippen molar-refractivity contribution in [1.82, 2.24) is 19.7 Å². The minimum atomic E-state index is -0.241. The number of carbonyl (C=O) groups is 1. The predicted octanol–water partition coefficient (Wildman–Crippen LogP) is 3.61. The Hall–Kier alpha value is -3.04. The van der Waals surface area contributed by atoms with Crippen LogP contribution in [0.4, 0.5) is 5.82 Å². The van der Waals surface area contributed by atoms with Gasteiger partial charge in [0.05, 0.1) is 9.75 Å². The summed E-state index contributed by atoms with van der Waals surface area (Å²) in [6.45, 7) is 3.48. The number of carbonyl (C=O) groups excluding carboxylic acids is 1. The number of nitrogens with zero attached hydrogens (tertiary/aromatic N) is 3. The number of hydrogen-bond acceptors (Lipinski definition) is 6. The molecule has 0 aliphatic heterocycles. The van der Waals surface area contributed by atoms with Crippen molar-refractivity contribution >= 4 is 34.4 Å². The lowest BCUT2D eigenvalue weighted by atomic mass is 10.3. The van der Waals surface area contributed by atoms with Gasteiger partial charge in [-0.3, -0.25) is 14.6 Å². The number of thiophene rings is 2. The summed E-state index contributed by atoms with van der Waals surface area (Å²) in [5, 5.41) is 11.2. The first kappa shape index (κ1) is 17.4. The summed E-state index contributed by atoms with van der Waals surface area (Å²) in [7, 11) is 0. The first-order chi connectivity index (χ1) is 13.0. The molecule has 0 atom stereocenters. The van der Waals surface area contributed by atoms with Crippen molar-refractivity contribution in [2.24, 2.45) is 0 Å². The number of rotatable bonds is 4. The normalized spacial score (nSPS) is 10.9. The van der Waals surface area contributed by atoms with Gasteiger partial charge >= 0.3 is 0 Å². The van der Waals surface area contributed by atoms with Crippen LogP contribution in [0.15, 0.2) is 45.9 Å². The molecule has 0 spiro atoms. The first-order valence-electron chi connectivity index (χ1n) is 8.09. The van der Waals surface area contributed by atoms with Crippen molar-refractivity contribution < 1.29 is 4.79 Å². The molecular formula is C18H15N5O2S2. The molecule has 0 aliphatic rings. The minimum Gasteiger partial charge on any atom is -0.306 e. The Labute approximate surface area is 162 Å². The van der Waals surface area contributed by atoms with Crippen LogP contribution < -0.4 is 10.9 Å². The van der Waals surface area contributed by atoms with E-state index in [4.69, 9.17) is 0 Å². The summed E-state index contributed by atoms with van der Waals surface area (Å²) < 4.78 is 1.45. The van der Waals surface area contributed by atoms with Crippen LogP contribution in [0.5, 0.6) is 0 Å². The number of hydrogen-bond donors (Lipinski definition) is 2. The van der Waals surface area contributed by atoms with Crippen molar-refractivity contribution in [2.45, 2.75) is 13.8 Å². The van der Waals surface area contributed by atoms with E-state index in [9.17, 15) is 9.59 Å². The van der Waals surface area contributed by atoms with Gasteiger partial charge in [-0.25, -0.2) is 4.98 Å². The maximum atomic E-state index is 12.5. The Morgan fingerprint density at radius 1 is 1.19 bits per heavy atom. The molecule has 4 aromatic rings. The molecule has 4 heterocycles. The van der Waals surface area contributed by atoms with E-state index in [1.165, 1.54) is 27.4 Å². The highest BCUT2D eigenvalue weighted by Crippen LogP contribution is 2.27. The van der Waals surface area contributed by atoms with Gasteiger partial charge in [0, 0.05) is 17.3 Å². The van der Waals surface area contributed by atoms with E-state index in [1.54, 1.807) is 26.0 Å². The van der Waals surface area contributed by atoms with E-state index in [1.807, 2.05) is 29.0 Å². The number of aryl methyl sites for hydroxylation is 1. The van der Waals surface area contributed by atoms with Crippen molar-refractivity contribution in [3.63, 3.8) is 0 Å².